The zero-order valence-electron chi connectivity index (χ0n) is 21.8. The average Bonchev–Trinajstić information content (AvgIpc) is 3.32. The number of hydrogen-bond donors (Lipinski definition) is 4. The van der Waals surface area contributed by atoms with Gasteiger partial charge in [0.15, 0.2) is 0 Å². The minimum Gasteiger partial charge on any atom is -0.497 e. The first kappa shape index (κ1) is 27.6. The highest BCUT2D eigenvalue weighted by molar-refractivity contribution is 5.94. The summed E-state index contributed by atoms with van der Waals surface area (Å²) in [5.41, 5.74) is 8.16. The van der Waals surface area contributed by atoms with Crippen molar-refractivity contribution >= 4 is 17.7 Å². The topological polar surface area (TPSA) is 134 Å². The van der Waals surface area contributed by atoms with E-state index >= 15 is 0 Å². The minimum absolute atomic E-state index is 0.0891. The van der Waals surface area contributed by atoms with Crippen LogP contribution in [0.3, 0.4) is 0 Å². The monoisotopic (exact) mass is 522 g/mol. The number of ether oxygens (including phenoxy) is 1. The van der Waals surface area contributed by atoms with Crippen molar-refractivity contribution in [3.8, 4) is 5.75 Å². The Kier molecular flexibility index (Phi) is 9.36. The molecule has 4 rings (SSSR count). The number of aliphatic hydroxyl groups is 1. The Bertz CT molecular complexity index is 1090. The summed E-state index contributed by atoms with van der Waals surface area (Å²) in [6.45, 7) is 0.214. The predicted octanol–water partition coefficient (Wildman–Crippen LogP) is 1.17. The van der Waals surface area contributed by atoms with Gasteiger partial charge in [-0.1, -0.05) is 42.5 Å². The van der Waals surface area contributed by atoms with E-state index in [9.17, 15) is 19.5 Å². The fourth-order valence-corrected chi connectivity index (χ4v) is 5.53. The van der Waals surface area contributed by atoms with Crippen LogP contribution in [0, 0.1) is 5.92 Å². The number of nitrogens with zero attached hydrogens (tertiary/aromatic N) is 1. The number of amides is 3. The fourth-order valence-electron chi connectivity index (χ4n) is 5.53. The smallest absolute Gasteiger partial charge is 0.246 e. The van der Waals surface area contributed by atoms with Gasteiger partial charge in [-0.25, -0.2) is 0 Å². The molecule has 2 heterocycles. The van der Waals surface area contributed by atoms with Gasteiger partial charge >= 0.3 is 0 Å². The van der Waals surface area contributed by atoms with Crippen molar-refractivity contribution < 1.29 is 24.2 Å². The number of fused-ring (bicyclic) bond motifs is 1. The number of carbonyl (C=O) groups is 3. The van der Waals surface area contributed by atoms with Gasteiger partial charge in [-0.05, 0) is 61.8 Å². The van der Waals surface area contributed by atoms with Crippen LogP contribution in [-0.2, 0) is 27.2 Å². The van der Waals surface area contributed by atoms with Crippen molar-refractivity contribution in [1.82, 2.24) is 15.5 Å². The van der Waals surface area contributed by atoms with Gasteiger partial charge in [-0.2, -0.15) is 0 Å². The molecule has 2 aliphatic rings. The first-order chi connectivity index (χ1) is 18.4. The second kappa shape index (κ2) is 12.9. The SMILES string of the molecule is COc1ccc(CCNC(=O)[C@@H]2CC[C@@H]3CC[C@H](CO)[C@H](NC(=O)[C@H](N)Cc4ccccc4)C(=O)N32)cc1. The molecule has 2 aromatic rings. The van der Waals surface area contributed by atoms with E-state index < -0.39 is 30.0 Å². The van der Waals surface area contributed by atoms with Gasteiger partial charge in [0, 0.05) is 25.1 Å². The quantitative estimate of drug-likeness (QED) is 0.370. The van der Waals surface area contributed by atoms with Gasteiger partial charge in [0.2, 0.25) is 17.7 Å². The lowest BCUT2D eigenvalue weighted by Crippen LogP contribution is -2.58. The maximum absolute atomic E-state index is 13.8. The van der Waals surface area contributed by atoms with Gasteiger partial charge in [-0.15, -0.1) is 0 Å². The lowest BCUT2D eigenvalue weighted by Gasteiger charge is -2.32. The molecule has 3 amide bonds. The van der Waals surface area contributed by atoms with Gasteiger partial charge in [0.05, 0.1) is 13.2 Å². The van der Waals surface area contributed by atoms with Crippen LogP contribution in [0.15, 0.2) is 54.6 Å². The van der Waals surface area contributed by atoms with Crippen LogP contribution in [0.5, 0.6) is 5.75 Å². The molecule has 0 bridgehead atoms. The first-order valence-electron chi connectivity index (χ1n) is 13.3. The molecule has 0 saturated carbocycles. The van der Waals surface area contributed by atoms with Crippen molar-refractivity contribution in [2.75, 3.05) is 20.3 Å². The largest absolute Gasteiger partial charge is 0.497 e. The fraction of sp³-hybridized carbons (Fsp3) is 0.483. The van der Waals surface area contributed by atoms with E-state index in [1.54, 1.807) is 12.0 Å². The molecule has 5 atom stereocenters. The van der Waals surface area contributed by atoms with E-state index in [-0.39, 0.29) is 24.5 Å². The Morgan fingerprint density at radius 2 is 1.76 bits per heavy atom. The van der Waals surface area contributed by atoms with Crippen molar-refractivity contribution in [2.45, 2.75) is 62.7 Å². The summed E-state index contributed by atoms with van der Waals surface area (Å²) >= 11 is 0. The number of benzene rings is 2. The lowest BCUT2D eigenvalue weighted by atomic mass is 9.93. The first-order valence-corrected chi connectivity index (χ1v) is 13.3. The van der Waals surface area contributed by atoms with Gasteiger partial charge < -0.3 is 31.1 Å². The molecule has 0 aromatic heterocycles. The predicted molar refractivity (Wildman–Crippen MR) is 143 cm³/mol. The standard InChI is InChI=1S/C29H38N4O5/c1-38-23-12-7-19(8-13-23)15-16-31-28(36)25-14-11-22-10-9-21(18-34)26(29(37)33(22)25)32-27(35)24(30)17-20-5-3-2-4-6-20/h2-8,12-13,21-22,24-26,34H,9-11,14-18,30H2,1H3,(H,31,36)(H,32,35)/t21-,22+,24-,25+,26+/m1/s1. The number of hydrogen-bond acceptors (Lipinski definition) is 6. The molecule has 0 radical (unpaired) electrons. The molecule has 2 saturated heterocycles. The molecular formula is C29H38N4O5. The van der Waals surface area contributed by atoms with Gasteiger partial charge in [0.25, 0.3) is 0 Å². The molecule has 5 N–H and O–H groups in total. The highest BCUT2D eigenvalue weighted by Gasteiger charge is 2.47. The van der Waals surface area contributed by atoms with Crippen LogP contribution in [0.25, 0.3) is 0 Å². The lowest BCUT2D eigenvalue weighted by molar-refractivity contribution is -0.143. The van der Waals surface area contributed by atoms with Crippen molar-refractivity contribution in [2.24, 2.45) is 11.7 Å². The molecule has 0 aliphatic carbocycles. The highest BCUT2D eigenvalue weighted by atomic mass is 16.5. The van der Waals surface area contributed by atoms with Gasteiger partial charge in [0.1, 0.15) is 17.8 Å². The summed E-state index contributed by atoms with van der Waals surface area (Å²) in [5, 5.41) is 15.8. The number of nitrogens with one attached hydrogen (secondary N) is 2. The van der Waals surface area contributed by atoms with Crippen LogP contribution in [0.2, 0.25) is 0 Å². The Morgan fingerprint density at radius 3 is 2.45 bits per heavy atom. The molecule has 9 heteroatoms. The second-order valence-electron chi connectivity index (χ2n) is 10.2. The summed E-state index contributed by atoms with van der Waals surface area (Å²) < 4.78 is 5.18. The summed E-state index contributed by atoms with van der Waals surface area (Å²) in [4.78, 5) is 41.5. The van der Waals surface area contributed by atoms with E-state index in [4.69, 9.17) is 10.5 Å². The van der Waals surface area contributed by atoms with Crippen LogP contribution < -0.4 is 21.1 Å². The van der Waals surface area contributed by atoms with Crippen LogP contribution in [0.1, 0.15) is 36.8 Å². The third-order valence-electron chi connectivity index (χ3n) is 7.71. The molecule has 9 nitrogen and oxygen atoms in total. The Balaban J connectivity index is 1.39. The maximum atomic E-state index is 13.8. The number of aliphatic hydroxyl groups excluding tert-OH is 1. The third kappa shape index (κ3) is 6.52. The van der Waals surface area contributed by atoms with Crippen molar-refractivity contribution in [3.05, 3.63) is 65.7 Å². The van der Waals surface area contributed by atoms with E-state index in [0.29, 0.717) is 45.1 Å². The minimum atomic E-state index is -0.924. The summed E-state index contributed by atoms with van der Waals surface area (Å²) in [6, 6.07) is 14.7. The molecule has 0 unspecified atom stereocenters. The highest BCUT2D eigenvalue weighted by Crippen LogP contribution is 2.34. The number of carbonyl (C=O) groups excluding carboxylic acids is 3. The number of nitrogens with two attached hydrogens (primary N) is 1. The van der Waals surface area contributed by atoms with E-state index in [1.165, 1.54) is 0 Å². The molecular weight excluding hydrogens is 484 g/mol. The Labute approximate surface area is 223 Å². The summed E-state index contributed by atoms with van der Waals surface area (Å²) in [6.07, 6.45) is 3.54. The summed E-state index contributed by atoms with van der Waals surface area (Å²) in [7, 11) is 1.62. The van der Waals surface area contributed by atoms with Crippen molar-refractivity contribution in [1.29, 1.82) is 0 Å². The number of rotatable bonds is 10. The molecule has 2 aromatic carbocycles. The van der Waals surface area contributed by atoms with Crippen molar-refractivity contribution in [3.63, 3.8) is 0 Å². The van der Waals surface area contributed by atoms with Crippen LogP contribution in [0.4, 0.5) is 0 Å². The van der Waals surface area contributed by atoms with E-state index in [2.05, 4.69) is 10.6 Å². The van der Waals surface area contributed by atoms with E-state index in [1.807, 2.05) is 54.6 Å². The molecule has 38 heavy (non-hydrogen) atoms. The van der Waals surface area contributed by atoms with Crippen LogP contribution in [-0.4, -0.2) is 72.2 Å². The molecule has 2 fully saturated rings. The van der Waals surface area contributed by atoms with E-state index in [0.717, 1.165) is 16.9 Å². The second-order valence-corrected chi connectivity index (χ2v) is 10.2. The summed E-state index contributed by atoms with van der Waals surface area (Å²) in [5.74, 6) is -0.607. The maximum Gasteiger partial charge on any atom is 0.246 e. The Morgan fingerprint density at radius 1 is 1.05 bits per heavy atom. The third-order valence-corrected chi connectivity index (χ3v) is 7.71. The average molecular weight is 523 g/mol. The zero-order chi connectivity index (χ0) is 27.1. The normalized spacial score (nSPS) is 23.8. The molecule has 204 valence electrons. The van der Waals surface area contributed by atoms with Crippen LogP contribution >= 0.6 is 0 Å². The molecule has 2 aliphatic heterocycles. The zero-order valence-corrected chi connectivity index (χ0v) is 21.8. The number of methoxy groups -OCH3 is 1. The Hall–Kier alpha value is -3.43. The van der Waals surface area contributed by atoms with Gasteiger partial charge in [-0.3, -0.25) is 14.4 Å². The molecule has 0 spiro atoms.